The molecule has 2 amide bonds. The van der Waals surface area contributed by atoms with Gasteiger partial charge in [-0.3, -0.25) is 4.79 Å². The molecule has 0 aliphatic carbocycles. The maximum absolute atomic E-state index is 12.9. The van der Waals surface area contributed by atoms with E-state index in [0.29, 0.717) is 12.0 Å². The number of hydrogen-bond donors (Lipinski definition) is 2. The van der Waals surface area contributed by atoms with Gasteiger partial charge in [0.25, 0.3) is 0 Å². The summed E-state index contributed by atoms with van der Waals surface area (Å²) in [6, 6.07) is 22.3. The zero-order chi connectivity index (χ0) is 25.8. The van der Waals surface area contributed by atoms with Gasteiger partial charge in [0.1, 0.15) is 12.6 Å². The van der Waals surface area contributed by atoms with Crippen molar-refractivity contribution in [2.24, 2.45) is 0 Å². The number of alkyl carbamates (subject to hydrolysis) is 1. The van der Waals surface area contributed by atoms with Gasteiger partial charge in [0.2, 0.25) is 5.91 Å². The highest BCUT2D eigenvalue weighted by molar-refractivity contribution is 5.85. The van der Waals surface area contributed by atoms with Gasteiger partial charge in [0, 0.05) is 13.0 Å². The number of hydrogen-bond acceptors (Lipinski definition) is 5. The van der Waals surface area contributed by atoms with Crippen LogP contribution in [0.5, 0.6) is 11.5 Å². The summed E-state index contributed by atoms with van der Waals surface area (Å²) in [6.07, 6.45) is -0.0905. The standard InChI is InChI=1S/C27H28F2N2O5/c1-34-23-13-12-20(17-24(23)36-26(28)29)14-15-30-25(32)22(16-19-8-4-2-5-9-19)31-27(33)35-18-21-10-6-3-7-11-21/h2-13,17,22,26H,14-16,18H2,1H3,(H,30,32)(H,31,33)/t22-/m0/s1. The molecule has 0 saturated carbocycles. The molecule has 3 aromatic carbocycles. The highest BCUT2D eigenvalue weighted by Crippen LogP contribution is 2.29. The second-order valence-electron chi connectivity index (χ2n) is 7.85. The predicted octanol–water partition coefficient (Wildman–Crippen LogP) is 4.49. The van der Waals surface area contributed by atoms with Gasteiger partial charge in [-0.25, -0.2) is 4.79 Å². The minimum Gasteiger partial charge on any atom is -0.493 e. The van der Waals surface area contributed by atoms with Gasteiger partial charge in [0.05, 0.1) is 7.11 Å². The number of halogens is 2. The van der Waals surface area contributed by atoms with Gasteiger partial charge in [-0.1, -0.05) is 66.7 Å². The summed E-state index contributed by atoms with van der Waals surface area (Å²) >= 11 is 0. The topological polar surface area (TPSA) is 85.9 Å². The molecule has 0 saturated heterocycles. The second kappa shape index (κ2) is 13.7. The van der Waals surface area contributed by atoms with Crippen molar-refractivity contribution in [2.45, 2.75) is 32.1 Å². The molecule has 0 bridgehead atoms. The first-order valence-corrected chi connectivity index (χ1v) is 11.3. The smallest absolute Gasteiger partial charge is 0.408 e. The SMILES string of the molecule is COc1ccc(CCNC(=O)[C@H](Cc2ccccc2)NC(=O)OCc2ccccc2)cc1OC(F)F. The molecule has 0 aromatic heterocycles. The lowest BCUT2D eigenvalue weighted by Crippen LogP contribution is -2.48. The van der Waals surface area contributed by atoms with Gasteiger partial charge < -0.3 is 24.8 Å². The summed E-state index contributed by atoms with van der Waals surface area (Å²) in [7, 11) is 1.36. The molecule has 7 nitrogen and oxygen atoms in total. The molecular formula is C27H28F2N2O5. The van der Waals surface area contributed by atoms with Crippen LogP contribution in [0.1, 0.15) is 16.7 Å². The van der Waals surface area contributed by atoms with Crippen LogP contribution in [0.25, 0.3) is 0 Å². The molecule has 36 heavy (non-hydrogen) atoms. The van der Waals surface area contributed by atoms with Crippen LogP contribution in [0.3, 0.4) is 0 Å². The average molecular weight is 499 g/mol. The van der Waals surface area contributed by atoms with E-state index in [0.717, 1.165) is 11.1 Å². The Labute approximate surface area is 208 Å². The van der Waals surface area contributed by atoms with E-state index < -0.39 is 24.7 Å². The average Bonchev–Trinajstić information content (AvgIpc) is 2.88. The minimum atomic E-state index is -2.99. The van der Waals surface area contributed by atoms with Crippen LogP contribution in [0.15, 0.2) is 78.9 Å². The van der Waals surface area contributed by atoms with Gasteiger partial charge in [-0.05, 0) is 35.2 Å². The maximum atomic E-state index is 12.9. The number of carbonyl (C=O) groups excluding carboxylic acids is 2. The lowest BCUT2D eigenvalue weighted by molar-refractivity contribution is -0.123. The lowest BCUT2D eigenvalue weighted by Gasteiger charge is -2.19. The van der Waals surface area contributed by atoms with Crippen molar-refractivity contribution in [1.29, 1.82) is 0 Å². The summed E-state index contributed by atoms with van der Waals surface area (Å²) in [5.41, 5.74) is 2.36. The molecule has 190 valence electrons. The number of amides is 2. The predicted molar refractivity (Wildman–Crippen MR) is 130 cm³/mol. The molecular weight excluding hydrogens is 470 g/mol. The first kappa shape index (κ1) is 26.5. The van der Waals surface area contributed by atoms with Gasteiger partial charge in [-0.2, -0.15) is 8.78 Å². The van der Waals surface area contributed by atoms with Gasteiger partial charge in [-0.15, -0.1) is 0 Å². The minimum absolute atomic E-state index is 0.0762. The molecule has 0 unspecified atom stereocenters. The summed E-state index contributed by atoms with van der Waals surface area (Å²) in [4.78, 5) is 25.3. The summed E-state index contributed by atoms with van der Waals surface area (Å²) in [5, 5.41) is 5.43. The van der Waals surface area contributed by atoms with Crippen LogP contribution < -0.4 is 20.1 Å². The molecule has 0 spiro atoms. The van der Waals surface area contributed by atoms with E-state index in [1.165, 1.54) is 19.2 Å². The number of nitrogens with one attached hydrogen (secondary N) is 2. The molecule has 1 atom stereocenters. The normalized spacial score (nSPS) is 11.4. The first-order valence-electron chi connectivity index (χ1n) is 11.3. The van der Waals surface area contributed by atoms with Crippen molar-refractivity contribution in [2.75, 3.05) is 13.7 Å². The fourth-order valence-electron chi connectivity index (χ4n) is 3.48. The van der Waals surface area contributed by atoms with E-state index >= 15 is 0 Å². The molecule has 0 heterocycles. The Kier molecular flexibility index (Phi) is 10.1. The van der Waals surface area contributed by atoms with E-state index in [2.05, 4.69) is 15.4 Å². The fourth-order valence-corrected chi connectivity index (χ4v) is 3.48. The van der Waals surface area contributed by atoms with Crippen LogP contribution in [0, 0.1) is 0 Å². The molecule has 0 radical (unpaired) electrons. The van der Waals surface area contributed by atoms with Crippen molar-refractivity contribution < 1.29 is 32.6 Å². The number of ether oxygens (including phenoxy) is 3. The third-order valence-electron chi connectivity index (χ3n) is 5.26. The third-order valence-corrected chi connectivity index (χ3v) is 5.26. The largest absolute Gasteiger partial charge is 0.493 e. The molecule has 2 N–H and O–H groups in total. The number of alkyl halides is 2. The Hall–Kier alpha value is -4.14. The van der Waals surface area contributed by atoms with E-state index in [-0.39, 0.29) is 31.1 Å². The monoisotopic (exact) mass is 498 g/mol. The number of carbonyl (C=O) groups is 2. The number of rotatable bonds is 12. The molecule has 0 fully saturated rings. The fraction of sp³-hybridized carbons (Fsp3) is 0.259. The zero-order valence-corrected chi connectivity index (χ0v) is 19.8. The Bertz CT molecular complexity index is 1110. The van der Waals surface area contributed by atoms with Crippen LogP contribution in [-0.4, -0.2) is 38.3 Å². The Morgan fingerprint density at radius 1 is 0.861 bits per heavy atom. The highest BCUT2D eigenvalue weighted by atomic mass is 19.3. The Morgan fingerprint density at radius 2 is 1.53 bits per heavy atom. The summed E-state index contributed by atoms with van der Waals surface area (Å²) in [6.45, 7) is -2.70. The van der Waals surface area contributed by atoms with E-state index in [9.17, 15) is 18.4 Å². The Morgan fingerprint density at radius 3 is 2.17 bits per heavy atom. The lowest BCUT2D eigenvalue weighted by atomic mass is 10.1. The molecule has 3 aromatic rings. The van der Waals surface area contributed by atoms with Crippen molar-refractivity contribution in [3.63, 3.8) is 0 Å². The van der Waals surface area contributed by atoms with Crippen molar-refractivity contribution in [1.82, 2.24) is 10.6 Å². The number of methoxy groups -OCH3 is 1. The third kappa shape index (κ3) is 8.57. The van der Waals surface area contributed by atoms with Crippen LogP contribution in [-0.2, 0) is 29.0 Å². The van der Waals surface area contributed by atoms with Crippen molar-refractivity contribution >= 4 is 12.0 Å². The molecule has 0 aliphatic rings. The summed E-state index contributed by atoms with van der Waals surface area (Å²) in [5.74, 6) is -0.293. The molecule has 9 heteroatoms. The first-order chi connectivity index (χ1) is 17.4. The highest BCUT2D eigenvalue weighted by Gasteiger charge is 2.22. The zero-order valence-electron chi connectivity index (χ0n) is 19.8. The quantitative estimate of drug-likeness (QED) is 0.384. The summed E-state index contributed by atoms with van der Waals surface area (Å²) < 4.78 is 40.1. The number of benzene rings is 3. The van der Waals surface area contributed by atoms with Crippen LogP contribution in [0.4, 0.5) is 13.6 Å². The van der Waals surface area contributed by atoms with Gasteiger partial charge in [0.15, 0.2) is 11.5 Å². The van der Waals surface area contributed by atoms with Crippen molar-refractivity contribution in [3.05, 3.63) is 95.6 Å². The molecule has 3 rings (SSSR count). The van der Waals surface area contributed by atoms with E-state index in [1.54, 1.807) is 6.07 Å². The maximum Gasteiger partial charge on any atom is 0.408 e. The second-order valence-corrected chi connectivity index (χ2v) is 7.85. The van der Waals surface area contributed by atoms with E-state index in [1.807, 2.05) is 60.7 Å². The van der Waals surface area contributed by atoms with Gasteiger partial charge >= 0.3 is 12.7 Å². The van der Waals surface area contributed by atoms with Crippen LogP contribution in [0.2, 0.25) is 0 Å². The molecule has 0 aliphatic heterocycles. The van der Waals surface area contributed by atoms with Crippen molar-refractivity contribution in [3.8, 4) is 11.5 Å². The van der Waals surface area contributed by atoms with E-state index in [4.69, 9.17) is 9.47 Å². The van der Waals surface area contributed by atoms with Crippen LogP contribution >= 0.6 is 0 Å². The Balaban J connectivity index is 1.59.